The van der Waals surface area contributed by atoms with Gasteiger partial charge in [-0.2, -0.15) is 18.4 Å². The molecule has 0 radical (unpaired) electrons. The van der Waals surface area contributed by atoms with E-state index in [1.807, 2.05) is 6.07 Å². The molecule has 1 aromatic carbocycles. The normalized spacial score (nSPS) is 12.4. The number of nitriles is 1. The number of sulfonamides is 1. The third-order valence-corrected chi connectivity index (χ3v) is 4.27. The van der Waals surface area contributed by atoms with E-state index in [0.717, 1.165) is 7.05 Å². The molecule has 4 nitrogen and oxygen atoms in total. The Kier molecular flexibility index (Phi) is 4.55. The number of benzene rings is 1. The van der Waals surface area contributed by atoms with E-state index in [1.165, 1.54) is 24.3 Å². The molecule has 0 saturated carbocycles. The van der Waals surface area contributed by atoms with Crippen LogP contribution in [-0.2, 0) is 10.0 Å². The molecule has 8 heteroatoms. The Hall–Kier alpha value is -1.59. The summed E-state index contributed by atoms with van der Waals surface area (Å²) in [6.07, 6.45) is -5.62. The van der Waals surface area contributed by atoms with Crippen molar-refractivity contribution in [1.29, 1.82) is 5.26 Å². The van der Waals surface area contributed by atoms with Crippen molar-refractivity contribution in [2.75, 3.05) is 13.6 Å². The first-order valence-electron chi connectivity index (χ1n) is 5.20. The number of hydrogen-bond donors (Lipinski definition) is 0. The molecule has 0 aliphatic carbocycles. The average Bonchev–Trinajstić information content (AvgIpc) is 2.35. The highest BCUT2D eigenvalue weighted by Gasteiger charge is 2.30. The van der Waals surface area contributed by atoms with Crippen molar-refractivity contribution < 1.29 is 21.6 Å². The van der Waals surface area contributed by atoms with Gasteiger partial charge in [0.1, 0.15) is 0 Å². The van der Waals surface area contributed by atoms with E-state index in [0.29, 0.717) is 4.31 Å². The molecular weight excluding hydrogens is 281 g/mol. The van der Waals surface area contributed by atoms with Crippen molar-refractivity contribution in [2.24, 2.45) is 0 Å². The summed E-state index contributed by atoms with van der Waals surface area (Å²) in [5.41, 5.74) is 0.275. The van der Waals surface area contributed by atoms with Gasteiger partial charge in [0.05, 0.1) is 22.9 Å². The number of halogens is 3. The van der Waals surface area contributed by atoms with E-state index in [-0.39, 0.29) is 10.5 Å². The zero-order valence-electron chi connectivity index (χ0n) is 9.98. The first kappa shape index (κ1) is 15.5. The van der Waals surface area contributed by atoms with Crippen LogP contribution < -0.4 is 0 Å². The molecule has 0 heterocycles. The van der Waals surface area contributed by atoms with Crippen LogP contribution >= 0.6 is 0 Å². The van der Waals surface area contributed by atoms with Crippen LogP contribution in [0.15, 0.2) is 29.2 Å². The Morgan fingerprint density at radius 1 is 1.26 bits per heavy atom. The molecule has 0 amide bonds. The number of rotatable bonds is 4. The third-order valence-electron chi connectivity index (χ3n) is 2.40. The number of alkyl halides is 3. The van der Waals surface area contributed by atoms with Gasteiger partial charge in [-0.05, 0) is 24.3 Å². The van der Waals surface area contributed by atoms with Crippen LogP contribution in [0.25, 0.3) is 0 Å². The van der Waals surface area contributed by atoms with Crippen LogP contribution in [0, 0.1) is 11.3 Å². The van der Waals surface area contributed by atoms with Gasteiger partial charge in [-0.25, -0.2) is 12.7 Å². The molecule has 104 valence electrons. The molecule has 0 fully saturated rings. The predicted molar refractivity (Wildman–Crippen MR) is 61.6 cm³/mol. The maximum atomic E-state index is 12.0. The van der Waals surface area contributed by atoms with E-state index in [9.17, 15) is 21.6 Å². The molecule has 19 heavy (non-hydrogen) atoms. The first-order chi connectivity index (χ1) is 8.66. The van der Waals surface area contributed by atoms with Crippen molar-refractivity contribution in [1.82, 2.24) is 4.31 Å². The Morgan fingerprint density at radius 3 is 2.21 bits per heavy atom. The molecule has 0 bridgehead atoms. The minimum Gasteiger partial charge on any atom is -0.207 e. The van der Waals surface area contributed by atoms with Crippen molar-refractivity contribution in [3.8, 4) is 6.07 Å². The van der Waals surface area contributed by atoms with Gasteiger partial charge in [0.2, 0.25) is 10.0 Å². The minimum atomic E-state index is -4.41. The number of nitrogens with zero attached hydrogens (tertiary/aromatic N) is 2. The summed E-state index contributed by atoms with van der Waals surface area (Å²) in [5.74, 6) is 0. The molecule has 0 aliphatic rings. The molecule has 1 rings (SSSR count). The smallest absolute Gasteiger partial charge is 0.207 e. The Morgan fingerprint density at radius 2 is 1.79 bits per heavy atom. The monoisotopic (exact) mass is 292 g/mol. The lowest BCUT2D eigenvalue weighted by atomic mass is 10.2. The maximum absolute atomic E-state index is 12.0. The number of hydrogen-bond acceptors (Lipinski definition) is 3. The fourth-order valence-electron chi connectivity index (χ4n) is 1.29. The lowest BCUT2D eigenvalue weighted by Gasteiger charge is -2.18. The van der Waals surface area contributed by atoms with E-state index < -0.39 is 29.2 Å². The molecule has 0 unspecified atom stereocenters. The van der Waals surface area contributed by atoms with Gasteiger partial charge >= 0.3 is 6.18 Å². The van der Waals surface area contributed by atoms with Crippen molar-refractivity contribution in [3.63, 3.8) is 0 Å². The summed E-state index contributed by atoms with van der Waals surface area (Å²) in [6.45, 7) is -0.647. The average molecular weight is 292 g/mol. The van der Waals surface area contributed by atoms with Crippen molar-refractivity contribution >= 4 is 10.0 Å². The summed E-state index contributed by atoms with van der Waals surface area (Å²) in [7, 11) is -2.88. The van der Waals surface area contributed by atoms with E-state index >= 15 is 0 Å². The standard InChI is InChI=1S/C11H11F3N2O2S/c1-16(7-6-11(12,13)14)19(17,18)10-4-2-9(8-15)3-5-10/h2-5H,6-7H2,1H3. The molecule has 0 aromatic heterocycles. The molecule has 0 spiro atoms. The lowest BCUT2D eigenvalue weighted by molar-refractivity contribution is -0.135. The van der Waals surface area contributed by atoms with Crippen LogP contribution in [-0.4, -0.2) is 32.5 Å². The van der Waals surface area contributed by atoms with Gasteiger partial charge in [0.15, 0.2) is 0 Å². The molecular formula is C11H11F3N2O2S. The lowest BCUT2D eigenvalue weighted by Crippen LogP contribution is -2.30. The molecule has 1 aromatic rings. The van der Waals surface area contributed by atoms with Gasteiger partial charge in [0.25, 0.3) is 0 Å². The summed E-state index contributed by atoms with van der Waals surface area (Å²) < 4.78 is 60.6. The predicted octanol–water partition coefficient (Wildman–Crippen LogP) is 2.13. The molecule has 0 atom stereocenters. The van der Waals surface area contributed by atoms with Crippen LogP contribution in [0.5, 0.6) is 0 Å². The highest BCUT2D eigenvalue weighted by Crippen LogP contribution is 2.22. The molecule has 0 saturated heterocycles. The van der Waals surface area contributed by atoms with E-state index in [2.05, 4.69) is 0 Å². The largest absolute Gasteiger partial charge is 0.390 e. The SMILES string of the molecule is CN(CCC(F)(F)F)S(=O)(=O)c1ccc(C#N)cc1. The topological polar surface area (TPSA) is 61.2 Å². The van der Waals surface area contributed by atoms with Crippen LogP contribution in [0.3, 0.4) is 0 Å². The summed E-state index contributed by atoms with van der Waals surface area (Å²) in [6, 6.07) is 6.80. The zero-order chi connectivity index (χ0) is 14.7. The van der Waals surface area contributed by atoms with Gasteiger partial charge in [-0.1, -0.05) is 0 Å². The maximum Gasteiger partial charge on any atom is 0.390 e. The minimum absolute atomic E-state index is 0.142. The summed E-state index contributed by atoms with van der Waals surface area (Å²) in [4.78, 5) is -0.142. The Labute approximate surface area is 109 Å². The van der Waals surface area contributed by atoms with E-state index in [4.69, 9.17) is 5.26 Å². The molecule has 0 aliphatic heterocycles. The quantitative estimate of drug-likeness (QED) is 0.854. The van der Waals surface area contributed by atoms with Crippen molar-refractivity contribution in [3.05, 3.63) is 29.8 Å². The fraction of sp³-hybridized carbons (Fsp3) is 0.364. The van der Waals surface area contributed by atoms with Crippen LogP contribution in [0.1, 0.15) is 12.0 Å². The van der Waals surface area contributed by atoms with Gasteiger partial charge in [-0.3, -0.25) is 0 Å². The second-order valence-electron chi connectivity index (χ2n) is 3.83. The zero-order valence-corrected chi connectivity index (χ0v) is 10.8. The third kappa shape index (κ3) is 4.22. The van der Waals surface area contributed by atoms with Crippen molar-refractivity contribution in [2.45, 2.75) is 17.5 Å². The fourth-order valence-corrected chi connectivity index (χ4v) is 2.46. The van der Waals surface area contributed by atoms with Gasteiger partial charge in [-0.15, -0.1) is 0 Å². The highest BCUT2D eigenvalue weighted by molar-refractivity contribution is 7.89. The highest BCUT2D eigenvalue weighted by atomic mass is 32.2. The van der Waals surface area contributed by atoms with Gasteiger partial charge in [0, 0.05) is 13.6 Å². The summed E-state index contributed by atoms with van der Waals surface area (Å²) in [5, 5.41) is 8.58. The first-order valence-corrected chi connectivity index (χ1v) is 6.64. The van der Waals surface area contributed by atoms with Crippen LogP contribution in [0.2, 0.25) is 0 Å². The Bertz CT molecular complexity index is 573. The second kappa shape index (κ2) is 5.59. The van der Waals surface area contributed by atoms with Crippen LogP contribution in [0.4, 0.5) is 13.2 Å². The Balaban J connectivity index is 2.88. The second-order valence-corrected chi connectivity index (χ2v) is 5.87. The molecule has 0 N–H and O–H groups in total. The van der Waals surface area contributed by atoms with Gasteiger partial charge < -0.3 is 0 Å². The van der Waals surface area contributed by atoms with E-state index in [1.54, 1.807) is 0 Å². The summed E-state index contributed by atoms with van der Waals surface area (Å²) >= 11 is 0.